The van der Waals surface area contributed by atoms with Crippen molar-refractivity contribution in [2.24, 2.45) is 17.6 Å². The van der Waals surface area contributed by atoms with Crippen LogP contribution in [-0.2, 0) is 0 Å². The maximum Gasteiger partial charge on any atom is 0.254 e. The quantitative estimate of drug-likeness (QED) is 0.610. The summed E-state index contributed by atoms with van der Waals surface area (Å²) in [6.07, 6.45) is 0.750. The first-order valence-electron chi connectivity index (χ1n) is 10.3. The smallest absolute Gasteiger partial charge is 0.254 e. The molecule has 1 amide bonds. The van der Waals surface area contributed by atoms with Crippen LogP contribution in [0.5, 0.6) is 11.5 Å². The number of benzene rings is 2. The molecule has 6 nitrogen and oxygen atoms in total. The molecule has 0 aromatic heterocycles. The van der Waals surface area contributed by atoms with Gasteiger partial charge in [0.2, 0.25) is 0 Å². The molecule has 3 atom stereocenters. The van der Waals surface area contributed by atoms with Gasteiger partial charge >= 0.3 is 0 Å². The number of hydrogen-bond donors (Lipinski definition) is 2. The monoisotopic (exact) mass is 467 g/mol. The van der Waals surface area contributed by atoms with Gasteiger partial charge in [0.05, 0.1) is 19.8 Å². The second-order valence-corrected chi connectivity index (χ2v) is 7.75. The second kappa shape index (κ2) is 11.6. The normalized spacial score (nSPS) is 21.6. The topological polar surface area (TPSA) is 76.8 Å². The highest BCUT2D eigenvalue weighted by molar-refractivity contribution is 5.95. The van der Waals surface area contributed by atoms with Crippen LogP contribution >= 0.6 is 24.8 Å². The number of ether oxygens (including phenoxy) is 2. The van der Waals surface area contributed by atoms with Crippen LogP contribution in [0.2, 0.25) is 0 Å². The molecule has 2 aromatic carbocycles. The first-order valence-corrected chi connectivity index (χ1v) is 10.3. The van der Waals surface area contributed by atoms with Gasteiger partial charge in [-0.3, -0.25) is 4.79 Å². The molecule has 3 N–H and O–H groups in total. The molecule has 8 heteroatoms. The number of rotatable bonds is 7. The minimum atomic E-state index is 0. The largest absolute Gasteiger partial charge is 0.493 e. The molecule has 170 valence electrons. The number of hydrogen-bond acceptors (Lipinski definition) is 5. The third kappa shape index (κ3) is 5.26. The van der Waals surface area contributed by atoms with Crippen LogP contribution in [0, 0.1) is 11.8 Å². The van der Waals surface area contributed by atoms with E-state index in [2.05, 4.69) is 17.4 Å². The lowest BCUT2D eigenvalue weighted by atomic mass is 9.89. The van der Waals surface area contributed by atoms with E-state index in [1.807, 2.05) is 29.2 Å². The molecule has 2 saturated heterocycles. The minimum absolute atomic E-state index is 0. The summed E-state index contributed by atoms with van der Waals surface area (Å²) < 4.78 is 11.2. The Hall–Kier alpha value is -1.99. The van der Waals surface area contributed by atoms with Gasteiger partial charge in [0.15, 0.2) is 11.5 Å². The van der Waals surface area contributed by atoms with Crippen LogP contribution in [0.1, 0.15) is 28.4 Å². The molecule has 2 aliphatic heterocycles. The summed E-state index contributed by atoms with van der Waals surface area (Å²) in [6.45, 7) is 3.74. The number of carbonyl (C=O) groups excluding carboxylic acids is 1. The number of nitrogens with two attached hydrogens (primary N) is 1. The van der Waals surface area contributed by atoms with Crippen molar-refractivity contribution in [2.75, 3.05) is 39.9 Å². The molecule has 0 bridgehead atoms. The predicted molar refractivity (Wildman–Crippen MR) is 127 cm³/mol. The number of likely N-dealkylation sites (tertiary alicyclic amines) is 1. The van der Waals surface area contributed by atoms with Gasteiger partial charge in [0.1, 0.15) is 0 Å². The lowest BCUT2D eigenvalue weighted by Gasteiger charge is -2.28. The fourth-order valence-corrected chi connectivity index (χ4v) is 4.56. The third-order valence-electron chi connectivity index (χ3n) is 5.98. The van der Waals surface area contributed by atoms with E-state index < -0.39 is 0 Å². The summed E-state index contributed by atoms with van der Waals surface area (Å²) in [4.78, 5) is 15.6. The van der Waals surface area contributed by atoms with Gasteiger partial charge in [-0.15, -0.1) is 24.8 Å². The maximum atomic E-state index is 13.5. The summed E-state index contributed by atoms with van der Waals surface area (Å²) in [6, 6.07) is 15.9. The molecular weight excluding hydrogens is 437 g/mol. The zero-order valence-corrected chi connectivity index (χ0v) is 19.3. The average molecular weight is 468 g/mol. The highest BCUT2D eigenvalue weighted by atomic mass is 35.5. The van der Waals surface area contributed by atoms with Gasteiger partial charge < -0.3 is 25.4 Å². The van der Waals surface area contributed by atoms with E-state index in [4.69, 9.17) is 15.2 Å². The van der Waals surface area contributed by atoms with Gasteiger partial charge in [-0.2, -0.15) is 0 Å². The van der Waals surface area contributed by atoms with Gasteiger partial charge in [0.25, 0.3) is 5.91 Å². The summed E-state index contributed by atoms with van der Waals surface area (Å²) >= 11 is 0. The first-order chi connectivity index (χ1) is 14.2. The van der Waals surface area contributed by atoms with Crippen molar-refractivity contribution in [3.05, 3.63) is 59.7 Å². The average Bonchev–Trinajstić information content (AvgIpc) is 3.35. The Morgan fingerprint density at radius 1 is 1.13 bits per heavy atom. The zero-order valence-electron chi connectivity index (χ0n) is 17.7. The Morgan fingerprint density at radius 3 is 2.61 bits per heavy atom. The minimum Gasteiger partial charge on any atom is -0.493 e. The number of nitrogens with zero attached hydrogens (tertiary/aromatic N) is 1. The number of carbonyl (C=O) groups is 1. The zero-order chi connectivity index (χ0) is 20.2. The molecule has 2 aromatic rings. The Morgan fingerprint density at radius 2 is 1.90 bits per heavy atom. The lowest BCUT2D eigenvalue weighted by Crippen LogP contribution is -2.34. The number of fused-ring (bicyclic) bond motifs is 1. The van der Waals surface area contributed by atoms with E-state index in [0.717, 1.165) is 26.1 Å². The standard InChI is InChI=1S/C23H29N3O3.2ClH/c1-28-20-9-8-17(12-21(20)29-11-5-10-24)23(27)26-15-18-13-25-14-19(18)22(26)16-6-3-2-4-7-16;;/h2-4,6-9,12,18-19,22,25H,5,10-11,13-15,24H2,1H3;2*1H/t18-,19-,22+;;/m0../s1. The van der Waals surface area contributed by atoms with E-state index >= 15 is 0 Å². The number of halogens is 2. The van der Waals surface area contributed by atoms with Crippen LogP contribution < -0.4 is 20.5 Å². The molecule has 4 rings (SSSR count). The van der Waals surface area contributed by atoms with Crippen LogP contribution in [-0.4, -0.2) is 50.7 Å². The van der Waals surface area contributed by atoms with E-state index in [0.29, 0.717) is 42.0 Å². The van der Waals surface area contributed by atoms with Crippen LogP contribution in [0.3, 0.4) is 0 Å². The highest BCUT2D eigenvalue weighted by Crippen LogP contribution is 2.43. The Bertz CT molecular complexity index is 853. The maximum absolute atomic E-state index is 13.5. The van der Waals surface area contributed by atoms with Crippen molar-refractivity contribution in [1.29, 1.82) is 0 Å². The van der Waals surface area contributed by atoms with E-state index in [1.165, 1.54) is 5.56 Å². The lowest BCUT2D eigenvalue weighted by molar-refractivity contribution is 0.0713. The summed E-state index contributed by atoms with van der Waals surface area (Å²) in [5.41, 5.74) is 7.39. The molecule has 0 saturated carbocycles. The van der Waals surface area contributed by atoms with Gasteiger partial charge in [0, 0.05) is 31.1 Å². The highest BCUT2D eigenvalue weighted by Gasteiger charge is 2.46. The Kier molecular flexibility index (Phi) is 9.44. The van der Waals surface area contributed by atoms with Crippen LogP contribution in [0.25, 0.3) is 0 Å². The Labute approximate surface area is 196 Å². The third-order valence-corrected chi connectivity index (χ3v) is 5.98. The fourth-order valence-electron chi connectivity index (χ4n) is 4.56. The van der Waals surface area contributed by atoms with Crippen molar-refractivity contribution >= 4 is 30.7 Å². The molecule has 0 radical (unpaired) electrons. The predicted octanol–water partition coefficient (Wildman–Crippen LogP) is 3.30. The van der Waals surface area contributed by atoms with E-state index in [1.54, 1.807) is 19.2 Å². The molecule has 31 heavy (non-hydrogen) atoms. The molecule has 2 aliphatic rings. The van der Waals surface area contributed by atoms with Crippen molar-refractivity contribution in [2.45, 2.75) is 12.5 Å². The van der Waals surface area contributed by atoms with Crippen LogP contribution in [0.15, 0.2) is 48.5 Å². The fraction of sp³-hybridized carbons (Fsp3) is 0.435. The first kappa shape index (κ1) is 25.3. The number of nitrogens with one attached hydrogen (secondary N) is 1. The van der Waals surface area contributed by atoms with E-state index in [-0.39, 0.29) is 36.8 Å². The van der Waals surface area contributed by atoms with Crippen molar-refractivity contribution in [3.8, 4) is 11.5 Å². The number of methoxy groups -OCH3 is 1. The molecule has 0 aliphatic carbocycles. The number of amides is 1. The summed E-state index contributed by atoms with van der Waals surface area (Å²) in [5.74, 6) is 2.19. The van der Waals surface area contributed by atoms with Crippen molar-refractivity contribution < 1.29 is 14.3 Å². The van der Waals surface area contributed by atoms with E-state index in [9.17, 15) is 4.79 Å². The molecular formula is C23H31Cl2N3O3. The molecule has 2 heterocycles. The Balaban J connectivity index is 0.00000171. The summed E-state index contributed by atoms with van der Waals surface area (Å²) in [7, 11) is 1.60. The molecule has 2 fully saturated rings. The molecule has 0 spiro atoms. The van der Waals surface area contributed by atoms with Gasteiger partial charge in [-0.25, -0.2) is 0 Å². The van der Waals surface area contributed by atoms with Crippen molar-refractivity contribution in [3.63, 3.8) is 0 Å². The second-order valence-electron chi connectivity index (χ2n) is 7.75. The van der Waals surface area contributed by atoms with Crippen LogP contribution in [0.4, 0.5) is 0 Å². The molecule has 0 unspecified atom stereocenters. The van der Waals surface area contributed by atoms with Gasteiger partial charge in [-0.05, 0) is 42.6 Å². The van der Waals surface area contributed by atoms with Gasteiger partial charge in [-0.1, -0.05) is 30.3 Å². The summed E-state index contributed by atoms with van der Waals surface area (Å²) in [5, 5.41) is 3.49. The van der Waals surface area contributed by atoms with Crippen molar-refractivity contribution in [1.82, 2.24) is 10.2 Å². The SMILES string of the molecule is COc1ccc(C(=O)N2C[C@@H]3CNC[C@@H]3[C@H]2c2ccccc2)cc1OCCCN.Cl.Cl.